The first kappa shape index (κ1) is 20.8. The number of rotatable bonds is 5. The highest BCUT2D eigenvalue weighted by molar-refractivity contribution is 5.69. The van der Waals surface area contributed by atoms with Crippen molar-refractivity contribution >= 4 is 6.02 Å². The summed E-state index contributed by atoms with van der Waals surface area (Å²) >= 11 is 0. The van der Waals surface area contributed by atoms with Gasteiger partial charge in [-0.15, -0.1) is 0 Å². The Kier molecular flexibility index (Phi) is 5.63. The average Bonchev–Trinajstić information content (AvgIpc) is 2.75. The van der Waals surface area contributed by atoms with E-state index >= 15 is 0 Å². The van der Waals surface area contributed by atoms with Crippen LogP contribution in [0.25, 0.3) is 11.1 Å². The Morgan fingerprint density at radius 2 is 1.97 bits per heavy atom. The van der Waals surface area contributed by atoms with E-state index in [1.807, 2.05) is 36.7 Å². The van der Waals surface area contributed by atoms with Crippen molar-refractivity contribution in [3.63, 3.8) is 0 Å². The highest BCUT2D eigenvalue weighted by atomic mass is 16.5. The first-order valence-electron chi connectivity index (χ1n) is 10.5. The topological polar surface area (TPSA) is 94.1 Å². The van der Waals surface area contributed by atoms with Crippen molar-refractivity contribution in [1.29, 1.82) is 5.41 Å². The van der Waals surface area contributed by atoms with Gasteiger partial charge in [0, 0.05) is 35.3 Å². The van der Waals surface area contributed by atoms with Crippen LogP contribution in [0.1, 0.15) is 49.8 Å². The first-order chi connectivity index (χ1) is 14.8. The van der Waals surface area contributed by atoms with Gasteiger partial charge in [-0.1, -0.05) is 32.9 Å². The lowest BCUT2D eigenvalue weighted by atomic mass is 9.85. The van der Waals surface area contributed by atoms with Gasteiger partial charge < -0.3 is 15.2 Å². The fraction of sp³-hybridized carbons (Fsp3) is 0.320. The lowest BCUT2D eigenvalue weighted by molar-refractivity contribution is 0.273. The van der Waals surface area contributed by atoms with Crippen molar-refractivity contribution in [2.75, 3.05) is 6.61 Å². The van der Waals surface area contributed by atoms with E-state index in [0.717, 1.165) is 46.4 Å². The summed E-state index contributed by atoms with van der Waals surface area (Å²) in [6, 6.07) is 11.9. The summed E-state index contributed by atoms with van der Waals surface area (Å²) in [7, 11) is 0. The second kappa shape index (κ2) is 8.38. The van der Waals surface area contributed by atoms with Crippen LogP contribution in [0.2, 0.25) is 0 Å². The number of aromatic nitrogens is 2. The van der Waals surface area contributed by atoms with Gasteiger partial charge in [0.25, 0.3) is 6.02 Å². The maximum absolute atomic E-state index is 7.54. The number of nitrogens with zero attached hydrogens (tertiary/aromatic N) is 2. The third kappa shape index (κ3) is 4.85. The van der Waals surface area contributed by atoms with Gasteiger partial charge in [-0.25, -0.2) is 4.98 Å². The van der Waals surface area contributed by atoms with Gasteiger partial charge >= 0.3 is 0 Å². The van der Waals surface area contributed by atoms with Crippen LogP contribution < -0.4 is 10.5 Å². The van der Waals surface area contributed by atoms with Crippen LogP contribution in [-0.4, -0.2) is 22.6 Å². The summed E-state index contributed by atoms with van der Waals surface area (Å²) in [5.41, 5.74) is 10.9. The van der Waals surface area contributed by atoms with Gasteiger partial charge in [-0.3, -0.25) is 10.4 Å². The number of ether oxygens (including phenoxy) is 2. The van der Waals surface area contributed by atoms with Crippen molar-refractivity contribution in [3.8, 4) is 22.8 Å². The molecule has 0 saturated carbocycles. The number of nitrogens with one attached hydrogen (secondary N) is 1. The zero-order valence-electron chi connectivity index (χ0n) is 18.2. The van der Waals surface area contributed by atoms with E-state index in [1.165, 1.54) is 0 Å². The molecule has 1 aliphatic heterocycles. The lowest BCUT2D eigenvalue weighted by Crippen LogP contribution is -2.22. The number of pyridine rings is 2. The van der Waals surface area contributed by atoms with E-state index < -0.39 is 0 Å². The van der Waals surface area contributed by atoms with Crippen LogP contribution in [-0.2, 0) is 11.2 Å². The van der Waals surface area contributed by atoms with Crippen molar-refractivity contribution in [2.24, 2.45) is 11.1 Å². The van der Waals surface area contributed by atoms with Crippen LogP contribution in [0.3, 0.4) is 0 Å². The fourth-order valence-electron chi connectivity index (χ4n) is 3.76. The van der Waals surface area contributed by atoms with Gasteiger partial charge in [0.05, 0.1) is 5.92 Å². The van der Waals surface area contributed by atoms with Gasteiger partial charge in [-0.2, -0.15) is 0 Å². The number of amidine groups is 1. The molecule has 6 nitrogen and oxygen atoms in total. The zero-order valence-corrected chi connectivity index (χ0v) is 18.2. The molecule has 0 unspecified atom stereocenters. The molecule has 31 heavy (non-hydrogen) atoms. The number of benzene rings is 1. The van der Waals surface area contributed by atoms with Crippen molar-refractivity contribution in [3.05, 3.63) is 71.7 Å². The predicted molar refractivity (Wildman–Crippen MR) is 121 cm³/mol. The number of hydrogen-bond acceptors (Lipinski definition) is 5. The molecule has 1 aromatic carbocycles. The molecule has 3 aromatic rings. The maximum Gasteiger partial charge on any atom is 0.279 e. The van der Waals surface area contributed by atoms with Crippen LogP contribution >= 0.6 is 0 Å². The summed E-state index contributed by atoms with van der Waals surface area (Å²) in [6.07, 6.45) is 7.49. The maximum atomic E-state index is 7.54. The second-order valence-electron chi connectivity index (χ2n) is 9.12. The Labute approximate surface area is 183 Å². The highest BCUT2D eigenvalue weighted by Crippen LogP contribution is 2.45. The second-order valence-corrected chi connectivity index (χ2v) is 9.12. The third-order valence-electron chi connectivity index (χ3n) is 5.47. The Bertz CT molecular complexity index is 1090. The minimum atomic E-state index is -0.296. The minimum Gasteiger partial charge on any atom is -0.465 e. The summed E-state index contributed by atoms with van der Waals surface area (Å²) in [4.78, 5) is 8.83. The molecule has 4 rings (SSSR count). The molecule has 3 N–H and O–H groups in total. The number of nitrogens with two attached hydrogens (primary N) is 1. The molecule has 0 amide bonds. The SMILES string of the molecule is CC(C)(C)CCc1cnc2c(c1)[C@H](COC(=N)N)c1cc(-c3cccnc3)ccc1O2. The number of fused-ring (bicyclic) bond motifs is 2. The average molecular weight is 417 g/mol. The Morgan fingerprint density at radius 1 is 1.13 bits per heavy atom. The third-order valence-corrected chi connectivity index (χ3v) is 5.47. The van der Waals surface area contributed by atoms with E-state index in [-0.39, 0.29) is 24.0 Å². The van der Waals surface area contributed by atoms with Gasteiger partial charge in [-0.05, 0) is 53.6 Å². The summed E-state index contributed by atoms with van der Waals surface area (Å²) in [5.74, 6) is 1.19. The highest BCUT2D eigenvalue weighted by Gasteiger charge is 2.30. The smallest absolute Gasteiger partial charge is 0.279 e. The summed E-state index contributed by atoms with van der Waals surface area (Å²) in [6.45, 7) is 6.96. The summed E-state index contributed by atoms with van der Waals surface area (Å²) < 4.78 is 11.6. The molecule has 0 spiro atoms. The number of aryl methyl sites for hydroxylation is 1. The molecule has 6 heteroatoms. The Balaban J connectivity index is 1.73. The molecule has 3 heterocycles. The Morgan fingerprint density at radius 3 is 2.68 bits per heavy atom. The minimum absolute atomic E-state index is 0.138. The molecular weight excluding hydrogens is 388 g/mol. The molecule has 1 aliphatic rings. The molecule has 2 aromatic heterocycles. The van der Waals surface area contributed by atoms with E-state index in [1.54, 1.807) is 6.20 Å². The monoisotopic (exact) mass is 416 g/mol. The normalized spacial score (nSPS) is 14.9. The molecule has 160 valence electrons. The van der Waals surface area contributed by atoms with Crippen LogP contribution in [0.5, 0.6) is 11.6 Å². The molecule has 0 radical (unpaired) electrons. The molecule has 0 bridgehead atoms. The molecule has 0 aliphatic carbocycles. The quantitative estimate of drug-likeness (QED) is 0.436. The molecule has 0 saturated heterocycles. The van der Waals surface area contributed by atoms with E-state index in [2.05, 4.69) is 42.9 Å². The van der Waals surface area contributed by atoms with E-state index in [9.17, 15) is 0 Å². The standard InChI is InChI=1S/C25H28N4O2/c1-25(2,3)9-8-16-11-20-21(15-30-24(26)27)19-12-17(18-5-4-10-28-14-18)6-7-22(19)31-23(20)29-13-16/h4-7,10-14,21H,8-9,15H2,1-3H3,(H3,26,27)/t21-/m1/s1. The van der Waals surface area contributed by atoms with E-state index in [4.69, 9.17) is 20.6 Å². The van der Waals surface area contributed by atoms with Gasteiger partial charge in [0.2, 0.25) is 5.88 Å². The molecular formula is C25H28N4O2. The zero-order chi connectivity index (χ0) is 22.0. The summed E-state index contributed by atoms with van der Waals surface area (Å²) in [5, 5.41) is 7.54. The van der Waals surface area contributed by atoms with Crippen molar-refractivity contribution in [2.45, 2.75) is 39.5 Å². The lowest BCUT2D eigenvalue weighted by Gasteiger charge is -2.28. The largest absolute Gasteiger partial charge is 0.465 e. The fourth-order valence-corrected chi connectivity index (χ4v) is 3.76. The van der Waals surface area contributed by atoms with Gasteiger partial charge in [0.15, 0.2) is 0 Å². The van der Waals surface area contributed by atoms with Crippen molar-refractivity contribution in [1.82, 2.24) is 9.97 Å². The first-order valence-corrected chi connectivity index (χ1v) is 10.5. The van der Waals surface area contributed by atoms with Crippen molar-refractivity contribution < 1.29 is 9.47 Å². The Hall–Kier alpha value is -3.41. The molecule has 0 fully saturated rings. The van der Waals surface area contributed by atoms with Crippen LogP contribution in [0.4, 0.5) is 0 Å². The molecule has 1 atom stereocenters. The predicted octanol–water partition coefficient (Wildman–Crippen LogP) is 5.27. The van der Waals surface area contributed by atoms with E-state index in [0.29, 0.717) is 5.88 Å². The van der Waals surface area contributed by atoms with Gasteiger partial charge in [0.1, 0.15) is 12.4 Å². The number of hydrogen-bond donors (Lipinski definition) is 2. The van der Waals surface area contributed by atoms with Crippen LogP contribution in [0.15, 0.2) is 55.0 Å². The van der Waals surface area contributed by atoms with Crippen LogP contribution in [0, 0.1) is 10.8 Å².